The quantitative estimate of drug-likeness (QED) is 0.175. The van der Waals surface area contributed by atoms with Gasteiger partial charge in [0.05, 0.1) is 4.92 Å². The van der Waals surface area contributed by atoms with Gasteiger partial charge in [-0.1, -0.05) is 17.3 Å². The molecular formula is C11H16N4O3. The Morgan fingerprint density at radius 1 is 1.61 bits per heavy atom. The number of nitro groups is 1. The summed E-state index contributed by atoms with van der Waals surface area (Å²) in [4.78, 5) is 10.4. The number of nitrogens with one attached hydrogen (secondary N) is 1. The number of hydrogen-bond acceptors (Lipinski definition) is 5. The van der Waals surface area contributed by atoms with Crippen molar-refractivity contribution in [3.05, 3.63) is 39.4 Å². The van der Waals surface area contributed by atoms with Crippen molar-refractivity contribution < 1.29 is 10.1 Å². The normalized spacial score (nSPS) is 11.5. The van der Waals surface area contributed by atoms with E-state index < -0.39 is 4.92 Å². The molecule has 1 aromatic rings. The molecule has 0 aliphatic carbocycles. The topological polar surface area (TPSA) is 114 Å². The third-order valence-electron chi connectivity index (χ3n) is 2.62. The van der Waals surface area contributed by atoms with Crippen LogP contribution in [0.1, 0.15) is 17.5 Å². The van der Waals surface area contributed by atoms with Crippen LogP contribution in [0, 0.1) is 17.0 Å². The van der Waals surface area contributed by atoms with Crippen LogP contribution < -0.4 is 11.1 Å². The predicted octanol–water partition coefficient (Wildman–Crippen LogP) is 1.13. The van der Waals surface area contributed by atoms with Gasteiger partial charge in [0.1, 0.15) is 5.84 Å². The predicted molar refractivity (Wildman–Crippen MR) is 67.6 cm³/mol. The molecule has 0 amide bonds. The second-order valence-electron chi connectivity index (χ2n) is 3.84. The van der Waals surface area contributed by atoms with E-state index in [4.69, 9.17) is 10.9 Å². The van der Waals surface area contributed by atoms with Gasteiger partial charge in [0.15, 0.2) is 0 Å². The summed E-state index contributed by atoms with van der Waals surface area (Å²) in [7, 11) is 0. The third kappa shape index (κ3) is 3.70. The van der Waals surface area contributed by atoms with Crippen molar-refractivity contribution in [3.63, 3.8) is 0 Å². The van der Waals surface area contributed by atoms with Crippen molar-refractivity contribution in [3.8, 4) is 0 Å². The van der Waals surface area contributed by atoms with Crippen LogP contribution in [0.2, 0.25) is 0 Å². The van der Waals surface area contributed by atoms with Crippen LogP contribution in [0.25, 0.3) is 0 Å². The van der Waals surface area contributed by atoms with Gasteiger partial charge in [-0.2, -0.15) is 0 Å². The minimum atomic E-state index is -0.394. The molecule has 0 aliphatic heterocycles. The summed E-state index contributed by atoms with van der Waals surface area (Å²) in [5.74, 6) is 0.151. The third-order valence-corrected chi connectivity index (χ3v) is 2.62. The summed E-state index contributed by atoms with van der Waals surface area (Å²) in [6, 6.07) is 4.97. The average Bonchev–Trinajstić information content (AvgIpc) is 2.35. The van der Waals surface area contributed by atoms with Gasteiger partial charge in [-0.05, 0) is 12.5 Å². The van der Waals surface area contributed by atoms with E-state index in [0.717, 1.165) is 5.56 Å². The van der Waals surface area contributed by atoms with Crippen LogP contribution in [0.5, 0.6) is 0 Å². The second kappa shape index (κ2) is 6.55. The summed E-state index contributed by atoms with van der Waals surface area (Å²) < 4.78 is 0. The van der Waals surface area contributed by atoms with Gasteiger partial charge in [-0.3, -0.25) is 10.1 Å². The molecule has 18 heavy (non-hydrogen) atoms. The Hall–Kier alpha value is -2.15. The summed E-state index contributed by atoms with van der Waals surface area (Å²) in [5, 5.41) is 25.0. The average molecular weight is 252 g/mol. The molecule has 0 heterocycles. The number of oxime groups is 1. The minimum Gasteiger partial charge on any atom is -0.409 e. The summed E-state index contributed by atoms with van der Waals surface area (Å²) in [6.07, 6.45) is 0.421. The SMILES string of the molecule is Cc1c(CNCC/C(N)=N/O)cccc1[N+](=O)[O-]. The highest BCUT2D eigenvalue weighted by atomic mass is 16.6. The fourth-order valence-corrected chi connectivity index (χ4v) is 1.55. The zero-order chi connectivity index (χ0) is 13.5. The number of hydrogen-bond donors (Lipinski definition) is 3. The Morgan fingerprint density at radius 2 is 2.33 bits per heavy atom. The van der Waals surface area contributed by atoms with Crippen LogP contribution in [0.3, 0.4) is 0 Å². The first-order chi connectivity index (χ1) is 8.56. The van der Waals surface area contributed by atoms with Crippen LogP contribution in [-0.4, -0.2) is 22.5 Å². The van der Waals surface area contributed by atoms with Crippen molar-refractivity contribution >= 4 is 11.5 Å². The molecule has 0 bridgehead atoms. The fourth-order valence-electron chi connectivity index (χ4n) is 1.55. The van der Waals surface area contributed by atoms with Crippen molar-refractivity contribution in [2.75, 3.05) is 6.54 Å². The van der Waals surface area contributed by atoms with Gasteiger partial charge in [0.25, 0.3) is 5.69 Å². The van der Waals surface area contributed by atoms with E-state index in [2.05, 4.69) is 10.5 Å². The molecule has 98 valence electrons. The number of nitrogens with zero attached hydrogens (tertiary/aromatic N) is 2. The summed E-state index contributed by atoms with van der Waals surface area (Å²) in [6.45, 7) is 2.77. The first kappa shape index (κ1) is 13.9. The van der Waals surface area contributed by atoms with Crippen LogP contribution in [0.15, 0.2) is 23.4 Å². The maximum absolute atomic E-state index is 10.8. The molecule has 7 nitrogen and oxygen atoms in total. The number of amidine groups is 1. The van der Waals surface area contributed by atoms with E-state index in [1.165, 1.54) is 6.07 Å². The van der Waals surface area contributed by atoms with Crippen LogP contribution in [-0.2, 0) is 6.54 Å². The maximum Gasteiger partial charge on any atom is 0.272 e. The van der Waals surface area contributed by atoms with Gasteiger partial charge in [0.2, 0.25) is 0 Å². The summed E-state index contributed by atoms with van der Waals surface area (Å²) >= 11 is 0. The molecule has 0 fully saturated rings. The van der Waals surface area contributed by atoms with E-state index in [1.54, 1.807) is 13.0 Å². The molecule has 1 aromatic carbocycles. The van der Waals surface area contributed by atoms with E-state index in [9.17, 15) is 10.1 Å². The Bertz CT molecular complexity index is 460. The standard InChI is InChI=1S/C11H16N4O3/c1-8-9(3-2-4-10(8)15(17)18)7-13-6-5-11(12)14-16/h2-4,13,16H,5-7H2,1H3,(H2,12,14). The second-order valence-corrected chi connectivity index (χ2v) is 3.84. The fraction of sp³-hybridized carbons (Fsp3) is 0.364. The largest absolute Gasteiger partial charge is 0.409 e. The number of nitro benzene ring substituents is 1. The lowest BCUT2D eigenvalue weighted by Crippen LogP contribution is -2.22. The summed E-state index contributed by atoms with van der Waals surface area (Å²) in [5.41, 5.74) is 6.95. The molecule has 0 aliphatic rings. The monoisotopic (exact) mass is 252 g/mol. The molecule has 1 rings (SSSR count). The number of rotatable bonds is 6. The van der Waals surface area contributed by atoms with Gasteiger partial charge >= 0.3 is 0 Å². The molecule has 0 radical (unpaired) electrons. The number of nitrogens with two attached hydrogens (primary N) is 1. The zero-order valence-corrected chi connectivity index (χ0v) is 10.1. The van der Waals surface area contributed by atoms with Crippen molar-refractivity contribution in [2.24, 2.45) is 10.9 Å². The first-order valence-corrected chi connectivity index (χ1v) is 5.46. The lowest BCUT2D eigenvalue weighted by atomic mass is 10.1. The van der Waals surface area contributed by atoms with Gasteiger partial charge in [-0.15, -0.1) is 0 Å². The maximum atomic E-state index is 10.8. The van der Waals surface area contributed by atoms with E-state index >= 15 is 0 Å². The van der Waals surface area contributed by atoms with Crippen LogP contribution in [0.4, 0.5) is 5.69 Å². The Labute approximate surface area is 104 Å². The van der Waals surface area contributed by atoms with Gasteiger partial charge < -0.3 is 16.3 Å². The molecule has 0 saturated heterocycles. The molecule has 4 N–H and O–H groups in total. The molecule has 0 saturated carbocycles. The van der Waals surface area contributed by atoms with E-state index in [1.807, 2.05) is 6.07 Å². The molecule has 7 heteroatoms. The smallest absolute Gasteiger partial charge is 0.272 e. The Balaban J connectivity index is 2.58. The molecule has 0 atom stereocenters. The first-order valence-electron chi connectivity index (χ1n) is 5.46. The lowest BCUT2D eigenvalue weighted by Gasteiger charge is -2.07. The van der Waals surface area contributed by atoms with Crippen molar-refractivity contribution in [1.29, 1.82) is 0 Å². The molecular weight excluding hydrogens is 236 g/mol. The Morgan fingerprint density at radius 3 is 2.94 bits per heavy atom. The van der Waals surface area contributed by atoms with Gasteiger partial charge in [-0.25, -0.2) is 0 Å². The van der Waals surface area contributed by atoms with E-state index in [0.29, 0.717) is 25.1 Å². The highest BCUT2D eigenvalue weighted by Gasteiger charge is 2.12. The van der Waals surface area contributed by atoms with Crippen molar-refractivity contribution in [1.82, 2.24) is 5.32 Å². The highest BCUT2D eigenvalue weighted by molar-refractivity contribution is 5.79. The number of benzene rings is 1. The zero-order valence-electron chi connectivity index (χ0n) is 10.1. The lowest BCUT2D eigenvalue weighted by molar-refractivity contribution is -0.385. The molecule has 0 spiro atoms. The minimum absolute atomic E-state index is 0.116. The van der Waals surface area contributed by atoms with E-state index in [-0.39, 0.29) is 11.5 Å². The van der Waals surface area contributed by atoms with Crippen LogP contribution >= 0.6 is 0 Å². The Kier molecular flexibility index (Phi) is 5.06. The molecule has 0 aromatic heterocycles. The highest BCUT2D eigenvalue weighted by Crippen LogP contribution is 2.20. The van der Waals surface area contributed by atoms with Crippen molar-refractivity contribution in [2.45, 2.75) is 19.9 Å². The van der Waals surface area contributed by atoms with Gasteiger partial charge in [0, 0.05) is 31.1 Å². The molecule has 0 unspecified atom stereocenters.